The van der Waals surface area contributed by atoms with Crippen LogP contribution in [0.1, 0.15) is 24.5 Å². The predicted molar refractivity (Wildman–Crippen MR) is 67.1 cm³/mol. The molecule has 1 aliphatic heterocycles. The van der Waals surface area contributed by atoms with Gasteiger partial charge in [0.2, 0.25) is 0 Å². The Balaban J connectivity index is 2.11. The van der Waals surface area contributed by atoms with E-state index in [1.807, 2.05) is 0 Å². The van der Waals surface area contributed by atoms with Gasteiger partial charge in [-0.1, -0.05) is 13.0 Å². The fourth-order valence-electron chi connectivity index (χ4n) is 2.41. The molecule has 1 heterocycles. The summed E-state index contributed by atoms with van der Waals surface area (Å²) in [5, 5.41) is 0. The second kappa shape index (κ2) is 5.35. The summed E-state index contributed by atoms with van der Waals surface area (Å²) in [6.07, 6.45) is 3.59. The number of benzene rings is 1. The molecule has 0 amide bonds. The summed E-state index contributed by atoms with van der Waals surface area (Å²) in [6.45, 7) is 5.87. The topological polar surface area (TPSA) is 12.5 Å². The van der Waals surface area contributed by atoms with Gasteiger partial charge in [-0.3, -0.25) is 0 Å². The SMILES string of the molecule is CCCN1CCc2ccc(OC)cc2CC1. The van der Waals surface area contributed by atoms with Crippen LogP contribution < -0.4 is 4.74 Å². The molecular formula is C14H21NO. The van der Waals surface area contributed by atoms with E-state index in [2.05, 4.69) is 30.0 Å². The summed E-state index contributed by atoms with van der Waals surface area (Å²) in [7, 11) is 1.74. The van der Waals surface area contributed by atoms with Gasteiger partial charge in [-0.25, -0.2) is 0 Å². The maximum Gasteiger partial charge on any atom is 0.119 e. The van der Waals surface area contributed by atoms with E-state index in [0.717, 1.165) is 12.2 Å². The number of methoxy groups -OCH3 is 1. The van der Waals surface area contributed by atoms with E-state index in [4.69, 9.17) is 4.74 Å². The van der Waals surface area contributed by atoms with Crippen LogP contribution >= 0.6 is 0 Å². The Morgan fingerprint density at radius 1 is 1.19 bits per heavy atom. The predicted octanol–water partition coefficient (Wildman–Crippen LogP) is 2.51. The third-order valence-corrected chi connectivity index (χ3v) is 3.35. The zero-order chi connectivity index (χ0) is 11.4. The van der Waals surface area contributed by atoms with Crippen LogP contribution in [0.25, 0.3) is 0 Å². The Kier molecular flexibility index (Phi) is 3.83. The lowest BCUT2D eigenvalue weighted by atomic mass is 10.0. The summed E-state index contributed by atoms with van der Waals surface area (Å²) in [6, 6.07) is 6.50. The molecule has 2 heteroatoms. The highest BCUT2D eigenvalue weighted by Gasteiger charge is 2.13. The number of fused-ring (bicyclic) bond motifs is 1. The van der Waals surface area contributed by atoms with Crippen LogP contribution in [0.15, 0.2) is 18.2 Å². The number of nitrogens with zero attached hydrogens (tertiary/aromatic N) is 1. The summed E-state index contributed by atoms with van der Waals surface area (Å²) in [5.41, 5.74) is 2.97. The Bertz CT molecular complexity index is 349. The highest BCUT2D eigenvalue weighted by atomic mass is 16.5. The van der Waals surface area contributed by atoms with Crippen LogP contribution in [0.2, 0.25) is 0 Å². The zero-order valence-corrected chi connectivity index (χ0v) is 10.3. The lowest BCUT2D eigenvalue weighted by molar-refractivity contribution is 0.288. The van der Waals surface area contributed by atoms with Gasteiger partial charge in [0.15, 0.2) is 0 Å². The van der Waals surface area contributed by atoms with Gasteiger partial charge in [-0.15, -0.1) is 0 Å². The molecule has 0 aliphatic carbocycles. The van der Waals surface area contributed by atoms with Crippen molar-refractivity contribution in [3.05, 3.63) is 29.3 Å². The fraction of sp³-hybridized carbons (Fsp3) is 0.571. The van der Waals surface area contributed by atoms with Gasteiger partial charge >= 0.3 is 0 Å². The smallest absolute Gasteiger partial charge is 0.119 e. The lowest BCUT2D eigenvalue weighted by Crippen LogP contribution is -2.27. The summed E-state index contributed by atoms with van der Waals surface area (Å²) in [5.74, 6) is 0.989. The average molecular weight is 219 g/mol. The van der Waals surface area contributed by atoms with E-state index >= 15 is 0 Å². The molecule has 16 heavy (non-hydrogen) atoms. The monoisotopic (exact) mass is 219 g/mol. The number of rotatable bonds is 3. The van der Waals surface area contributed by atoms with Crippen molar-refractivity contribution in [3.8, 4) is 5.75 Å². The number of hydrogen-bond donors (Lipinski definition) is 0. The standard InChI is InChI=1S/C14H21NO/c1-3-8-15-9-6-12-4-5-14(16-2)11-13(12)7-10-15/h4-5,11H,3,6-10H2,1-2H3. The molecule has 0 unspecified atom stereocenters. The molecule has 0 spiro atoms. The first-order chi connectivity index (χ1) is 7.83. The Morgan fingerprint density at radius 2 is 1.94 bits per heavy atom. The van der Waals surface area contributed by atoms with Crippen LogP contribution in [0.5, 0.6) is 5.75 Å². The van der Waals surface area contributed by atoms with Crippen LogP contribution in [0.4, 0.5) is 0 Å². The van der Waals surface area contributed by atoms with E-state index in [-0.39, 0.29) is 0 Å². The second-order valence-electron chi connectivity index (χ2n) is 4.48. The summed E-state index contributed by atoms with van der Waals surface area (Å²) >= 11 is 0. The molecule has 0 fully saturated rings. The van der Waals surface area contributed by atoms with Crippen molar-refractivity contribution >= 4 is 0 Å². The summed E-state index contributed by atoms with van der Waals surface area (Å²) in [4.78, 5) is 2.56. The molecule has 0 saturated carbocycles. The van der Waals surface area contributed by atoms with Gasteiger partial charge in [0.05, 0.1) is 7.11 Å². The molecular weight excluding hydrogens is 198 g/mol. The van der Waals surface area contributed by atoms with Gasteiger partial charge in [-0.05, 0) is 49.1 Å². The summed E-state index contributed by atoms with van der Waals surface area (Å²) < 4.78 is 5.28. The molecule has 0 N–H and O–H groups in total. The molecule has 0 radical (unpaired) electrons. The first-order valence-electron chi connectivity index (χ1n) is 6.21. The largest absolute Gasteiger partial charge is 0.497 e. The van der Waals surface area contributed by atoms with Crippen LogP contribution in [0, 0.1) is 0 Å². The lowest BCUT2D eigenvalue weighted by Gasteiger charge is -2.18. The first kappa shape index (κ1) is 11.5. The highest BCUT2D eigenvalue weighted by Crippen LogP contribution is 2.21. The highest BCUT2D eigenvalue weighted by molar-refractivity contribution is 5.36. The van der Waals surface area contributed by atoms with Crippen molar-refractivity contribution in [2.24, 2.45) is 0 Å². The fourth-order valence-corrected chi connectivity index (χ4v) is 2.41. The van der Waals surface area contributed by atoms with E-state index in [0.29, 0.717) is 0 Å². The van der Waals surface area contributed by atoms with Crippen molar-refractivity contribution in [1.82, 2.24) is 4.90 Å². The molecule has 0 atom stereocenters. The van der Waals surface area contributed by atoms with Gasteiger partial charge in [0.25, 0.3) is 0 Å². The molecule has 0 saturated heterocycles. The van der Waals surface area contributed by atoms with Gasteiger partial charge in [0.1, 0.15) is 5.75 Å². The van der Waals surface area contributed by atoms with Gasteiger partial charge in [-0.2, -0.15) is 0 Å². The molecule has 2 nitrogen and oxygen atoms in total. The van der Waals surface area contributed by atoms with Crippen molar-refractivity contribution < 1.29 is 4.74 Å². The Labute approximate surface area is 98.2 Å². The molecule has 0 bridgehead atoms. The molecule has 1 aromatic rings. The number of ether oxygens (including phenoxy) is 1. The minimum absolute atomic E-state index is 0.989. The van der Waals surface area contributed by atoms with Gasteiger partial charge in [0, 0.05) is 13.1 Å². The van der Waals surface area contributed by atoms with Crippen molar-refractivity contribution in [2.45, 2.75) is 26.2 Å². The molecule has 1 aliphatic rings. The van der Waals surface area contributed by atoms with E-state index in [1.165, 1.54) is 43.6 Å². The maximum absolute atomic E-state index is 5.28. The van der Waals surface area contributed by atoms with E-state index < -0.39 is 0 Å². The number of hydrogen-bond acceptors (Lipinski definition) is 2. The van der Waals surface area contributed by atoms with Crippen LogP contribution in [-0.2, 0) is 12.8 Å². The molecule has 0 aromatic heterocycles. The third-order valence-electron chi connectivity index (χ3n) is 3.35. The van der Waals surface area contributed by atoms with Gasteiger partial charge < -0.3 is 9.64 Å². The zero-order valence-electron chi connectivity index (χ0n) is 10.3. The third kappa shape index (κ3) is 2.56. The average Bonchev–Trinajstić information content (AvgIpc) is 2.52. The molecule has 1 aromatic carbocycles. The second-order valence-corrected chi connectivity index (χ2v) is 4.48. The van der Waals surface area contributed by atoms with Crippen molar-refractivity contribution in [2.75, 3.05) is 26.7 Å². The Morgan fingerprint density at radius 3 is 2.62 bits per heavy atom. The van der Waals surface area contributed by atoms with E-state index in [9.17, 15) is 0 Å². The van der Waals surface area contributed by atoms with Crippen molar-refractivity contribution in [3.63, 3.8) is 0 Å². The maximum atomic E-state index is 5.28. The minimum atomic E-state index is 0.989. The quantitative estimate of drug-likeness (QED) is 0.774. The molecule has 88 valence electrons. The van der Waals surface area contributed by atoms with Crippen LogP contribution in [-0.4, -0.2) is 31.6 Å². The Hall–Kier alpha value is -1.02. The minimum Gasteiger partial charge on any atom is -0.497 e. The van der Waals surface area contributed by atoms with Crippen molar-refractivity contribution in [1.29, 1.82) is 0 Å². The van der Waals surface area contributed by atoms with E-state index in [1.54, 1.807) is 7.11 Å². The normalized spacial score (nSPS) is 16.6. The first-order valence-corrected chi connectivity index (χ1v) is 6.21. The molecule has 2 rings (SSSR count). The van der Waals surface area contributed by atoms with Crippen LogP contribution in [0.3, 0.4) is 0 Å².